The molecule has 2 aliphatic rings. The maximum Gasteiger partial charge on any atom is 0.309 e. The molecule has 3 nitrogen and oxygen atoms in total. The molecule has 1 spiro atoms. The van der Waals surface area contributed by atoms with Crippen molar-refractivity contribution >= 4 is 5.97 Å². The third-order valence-corrected chi connectivity index (χ3v) is 4.11. The summed E-state index contributed by atoms with van der Waals surface area (Å²) >= 11 is 0. The Hall–Kier alpha value is -1.51. The lowest BCUT2D eigenvalue weighted by molar-refractivity contribution is -0.145. The van der Waals surface area contributed by atoms with Gasteiger partial charge in [-0.3, -0.25) is 4.79 Å². The van der Waals surface area contributed by atoms with E-state index in [2.05, 4.69) is 0 Å². The van der Waals surface area contributed by atoms with Crippen LogP contribution >= 0.6 is 0 Å². The van der Waals surface area contributed by atoms with Crippen LogP contribution < -0.4 is 0 Å². The number of hydrogen-bond donors (Lipinski definition) is 1. The van der Waals surface area contributed by atoms with Gasteiger partial charge in [0.05, 0.1) is 12.5 Å². The highest BCUT2D eigenvalue weighted by atomic mass is 16.5. The van der Waals surface area contributed by atoms with E-state index < -0.39 is 0 Å². The van der Waals surface area contributed by atoms with Crippen molar-refractivity contribution in [3.05, 3.63) is 29.3 Å². The largest absolute Gasteiger partial charge is 0.508 e. The van der Waals surface area contributed by atoms with Crippen molar-refractivity contribution in [2.45, 2.75) is 31.6 Å². The molecule has 3 rings (SSSR count). The highest BCUT2D eigenvalue weighted by Gasteiger charge is 2.62. The summed E-state index contributed by atoms with van der Waals surface area (Å²) in [6.45, 7) is 2.29. The summed E-state index contributed by atoms with van der Waals surface area (Å²) in [5.41, 5.74) is 2.46. The molecular weight excluding hydrogens is 216 g/mol. The van der Waals surface area contributed by atoms with Crippen molar-refractivity contribution < 1.29 is 14.6 Å². The Morgan fingerprint density at radius 3 is 3.18 bits per heavy atom. The van der Waals surface area contributed by atoms with Gasteiger partial charge >= 0.3 is 5.97 Å². The van der Waals surface area contributed by atoms with E-state index in [9.17, 15) is 9.90 Å². The Morgan fingerprint density at radius 2 is 2.41 bits per heavy atom. The smallest absolute Gasteiger partial charge is 0.309 e. The molecule has 1 saturated carbocycles. The van der Waals surface area contributed by atoms with E-state index in [0.717, 1.165) is 19.3 Å². The third-order valence-electron chi connectivity index (χ3n) is 4.11. The molecule has 2 atom stereocenters. The Labute approximate surface area is 100 Å². The molecule has 1 N–H and O–H groups in total. The number of esters is 1. The van der Waals surface area contributed by atoms with Gasteiger partial charge in [0.2, 0.25) is 0 Å². The summed E-state index contributed by atoms with van der Waals surface area (Å²) in [5, 5.41) is 9.45. The van der Waals surface area contributed by atoms with Crippen molar-refractivity contribution in [1.29, 1.82) is 0 Å². The summed E-state index contributed by atoms with van der Waals surface area (Å²) in [6, 6.07) is 5.51. The minimum Gasteiger partial charge on any atom is -0.508 e. The zero-order chi connectivity index (χ0) is 12.0. The van der Waals surface area contributed by atoms with E-state index in [4.69, 9.17) is 4.74 Å². The van der Waals surface area contributed by atoms with Crippen LogP contribution in [-0.4, -0.2) is 17.7 Å². The molecular formula is C14H16O3. The summed E-state index contributed by atoms with van der Waals surface area (Å²) in [5.74, 6) is 0.288. The van der Waals surface area contributed by atoms with Crippen molar-refractivity contribution in [3.63, 3.8) is 0 Å². The fourth-order valence-electron chi connectivity index (χ4n) is 3.20. The lowest BCUT2D eigenvalue weighted by Crippen LogP contribution is -2.15. The van der Waals surface area contributed by atoms with E-state index in [1.54, 1.807) is 6.07 Å². The maximum atomic E-state index is 11.8. The first kappa shape index (κ1) is 10.6. The summed E-state index contributed by atoms with van der Waals surface area (Å²) in [6.07, 6.45) is 2.87. The highest BCUT2D eigenvalue weighted by Crippen LogP contribution is 2.62. The molecule has 1 aromatic carbocycles. The molecule has 0 aromatic heterocycles. The van der Waals surface area contributed by atoms with E-state index in [-0.39, 0.29) is 17.3 Å². The molecule has 2 aliphatic carbocycles. The third kappa shape index (κ3) is 1.45. The Morgan fingerprint density at radius 1 is 1.59 bits per heavy atom. The maximum absolute atomic E-state index is 11.8. The van der Waals surface area contributed by atoms with Gasteiger partial charge in [-0.05, 0) is 49.4 Å². The number of phenolic OH excluding ortho intramolecular Hbond substituents is 1. The number of fused-ring (bicyclic) bond motifs is 2. The van der Waals surface area contributed by atoms with Gasteiger partial charge in [0.15, 0.2) is 0 Å². The number of phenols is 1. The predicted octanol–water partition coefficient (Wildman–Crippen LogP) is 2.16. The van der Waals surface area contributed by atoms with Gasteiger partial charge in [0.1, 0.15) is 5.75 Å². The van der Waals surface area contributed by atoms with Crippen LogP contribution in [0.3, 0.4) is 0 Å². The number of ether oxygens (including phenoxy) is 1. The van der Waals surface area contributed by atoms with Gasteiger partial charge in [-0.1, -0.05) is 6.07 Å². The molecule has 0 heterocycles. The molecule has 1 fully saturated rings. The van der Waals surface area contributed by atoms with E-state index in [1.807, 2.05) is 19.1 Å². The Kier molecular flexibility index (Phi) is 2.18. The van der Waals surface area contributed by atoms with Crippen LogP contribution in [0.5, 0.6) is 5.75 Å². The summed E-state index contributed by atoms with van der Waals surface area (Å²) in [7, 11) is 0. The second-order valence-corrected chi connectivity index (χ2v) is 5.01. The zero-order valence-corrected chi connectivity index (χ0v) is 9.90. The number of hydrogen-bond acceptors (Lipinski definition) is 3. The molecule has 0 saturated heterocycles. The number of carbonyl (C=O) groups is 1. The van der Waals surface area contributed by atoms with Gasteiger partial charge in [0, 0.05) is 5.41 Å². The second kappa shape index (κ2) is 3.49. The zero-order valence-electron chi connectivity index (χ0n) is 9.90. The molecule has 90 valence electrons. The van der Waals surface area contributed by atoms with Crippen LogP contribution in [-0.2, 0) is 21.4 Å². The average Bonchev–Trinajstić information content (AvgIpc) is 2.92. The van der Waals surface area contributed by atoms with Crippen LogP contribution in [0.2, 0.25) is 0 Å². The van der Waals surface area contributed by atoms with Gasteiger partial charge in [-0.25, -0.2) is 0 Å². The van der Waals surface area contributed by atoms with Crippen LogP contribution in [0, 0.1) is 5.92 Å². The molecule has 17 heavy (non-hydrogen) atoms. The minimum atomic E-state index is -0.0616. The number of benzene rings is 1. The fraction of sp³-hybridized carbons (Fsp3) is 0.500. The van der Waals surface area contributed by atoms with E-state index in [1.165, 1.54) is 11.1 Å². The number of rotatable bonds is 2. The van der Waals surface area contributed by atoms with Crippen LogP contribution in [0.1, 0.15) is 30.9 Å². The number of aryl methyl sites for hydroxylation is 1. The molecule has 0 unspecified atom stereocenters. The van der Waals surface area contributed by atoms with Crippen LogP contribution in [0.25, 0.3) is 0 Å². The first-order chi connectivity index (χ1) is 8.17. The van der Waals surface area contributed by atoms with Gasteiger partial charge in [-0.2, -0.15) is 0 Å². The van der Waals surface area contributed by atoms with Gasteiger partial charge in [0.25, 0.3) is 0 Å². The van der Waals surface area contributed by atoms with E-state index in [0.29, 0.717) is 12.4 Å². The quantitative estimate of drug-likeness (QED) is 0.795. The molecule has 1 aromatic rings. The van der Waals surface area contributed by atoms with Crippen molar-refractivity contribution in [1.82, 2.24) is 0 Å². The van der Waals surface area contributed by atoms with Gasteiger partial charge in [-0.15, -0.1) is 0 Å². The van der Waals surface area contributed by atoms with Gasteiger partial charge < -0.3 is 9.84 Å². The normalized spacial score (nSPS) is 29.1. The fourth-order valence-corrected chi connectivity index (χ4v) is 3.20. The van der Waals surface area contributed by atoms with E-state index >= 15 is 0 Å². The number of carbonyl (C=O) groups excluding carboxylic acids is 1. The monoisotopic (exact) mass is 232 g/mol. The van der Waals surface area contributed by atoms with Crippen molar-refractivity contribution in [3.8, 4) is 5.75 Å². The standard InChI is InChI=1S/C14H16O3/c1-2-17-13(16)12-8-14(12)6-5-9-7-10(15)3-4-11(9)14/h3-4,7,12,15H,2,5-6,8H2,1H3/t12-,14+/m1/s1. The van der Waals surface area contributed by atoms with Crippen molar-refractivity contribution in [2.75, 3.05) is 6.61 Å². The molecule has 0 radical (unpaired) electrons. The molecule has 0 bridgehead atoms. The predicted molar refractivity (Wildman–Crippen MR) is 62.8 cm³/mol. The number of aromatic hydroxyl groups is 1. The lowest BCUT2D eigenvalue weighted by atomic mass is 9.95. The Balaban J connectivity index is 1.88. The minimum absolute atomic E-state index is 0.0231. The Bertz CT molecular complexity index is 480. The molecule has 3 heteroatoms. The molecule has 0 amide bonds. The summed E-state index contributed by atoms with van der Waals surface area (Å²) in [4.78, 5) is 11.8. The van der Waals surface area contributed by atoms with Crippen LogP contribution in [0.15, 0.2) is 18.2 Å². The SMILES string of the molecule is CCOC(=O)[C@H]1C[C@]12CCc1cc(O)ccc12. The topological polar surface area (TPSA) is 46.5 Å². The summed E-state index contributed by atoms with van der Waals surface area (Å²) < 4.78 is 5.10. The first-order valence-corrected chi connectivity index (χ1v) is 6.16. The van der Waals surface area contributed by atoms with Crippen molar-refractivity contribution in [2.24, 2.45) is 5.92 Å². The second-order valence-electron chi connectivity index (χ2n) is 5.01. The highest BCUT2D eigenvalue weighted by molar-refractivity contribution is 5.80. The van der Waals surface area contributed by atoms with Crippen LogP contribution in [0.4, 0.5) is 0 Å². The lowest BCUT2D eigenvalue weighted by Gasteiger charge is -2.11. The average molecular weight is 232 g/mol. The molecule has 0 aliphatic heterocycles. The first-order valence-electron chi connectivity index (χ1n) is 6.16.